The Hall–Kier alpha value is -2.30. The number of anilines is 1. The van der Waals surface area contributed by atoms with Crippen LogP contribution in [0.3, 0.4) is 0 Å². The Bertz CT molecular complexity index is 611. The molecule has 1 aromatic heterocycles. The van der Waals surface area contributed by atoms with Gasteiger partial charge in [0.05, 0.1) is 13.0 Å². The molecule has 0 atom stereocenters. The number of hydrogen-bond acceptors (Lipinski definition) is 4. The van der Waals surface area contributed by atoms with Gasteiger partial charge >= 0.3 is 0 Å². The van der Waals surface area contributed by atoms with Gasteiger partial charge in [0, 0.05) is 23.3 Å². The number of nitrogens with two attached hydrogens (primary N) is 1. The minimum Gasteiger partial charge on any atom is -0.491 e. The minimum absolute atomic E-state index is 0.0206. The van der Waals surface area contributed by atoms with Crippen molar-refractivity contribution in [2.75, 3.05) is 12.3 Å². The van der Waals surface area contributed by atoms with Gasteiger partial charge in [-0.25, -0.2) is 0 Å². The standard InChI is InChI=1S/C15H19N3O2/c1-10(2)18-14(19)7-9-20-13-6-5-12(16)11-4-3-8-17-15(11)13/h3-6,8,10H,7,9,16H2,1-2H3,(H,18,19). The Balaban J connectivity index is 2.04. The van der Waals surface area contributed by atoms with E-state index in [-0.39, 0.29) is 11.9 Å². The SMILES string of the molecule is CC(C)NC(=O)CCOc1ccc(N)c2cccnc12. The third-order valence-corrected chi connectivity index (χ3v) is 2.80. The van der Waals surface area contributed by atoms with Crippen LogP contribution in [0.4, 0.5) is 5.69 Å². The first kappa shape index (κ1) is 14.1. The van der Waals surface area contributed by atoms with Crippen molar-refractivity contribution in [1.82, 2.24) is 10.3 Å². The second-order valence-electron chi connectivity index (χ2n) is 4.87. The Morgan fingerprint density at radius 1 is 1.40 bits per heavy atom. The van der Waals surface area contributed by atoms with E-state index >= 15 is 0 Å². The van der Waals surface area contributed by atoms with Crippen molar-refractivity contribution >= 4 is 22.5 Å². The predicted octanol–water partition coefficient (Wildman–Crippen LogP) is 2.11. The molecule has 0 aliphatic rings. The maximum absolute atomic E-state index is 11.5. The number of nitrogens with one attached hydrogen (secondary N) is 1. The van der Waals surface area contributed by atoms with E-state index in [4.69, 9.17) is 10.5 Å². The summed E-state index contributed by atoms with van der Waals surface area (Å²) in [5.74, 6) is 0.625. The second-order valence-corrected chi connectivity index (χ2v) is 4.87. The molecule has 5 nitrogen and oxygen atoms in total. The number of carbonyl (C=O) groups excluding carboxylic acids is 1. The summed E-state index contributed by atoms with van der Waals surface area (Å²) in [6.07, 6.45) is 2.01. The molecule has 3 N–H and O–H groups in total. The molecule has 0 aliphatic carbocycles. The van der Waals surface area contributed by atoms with E-state index in [0.717, 1.165) is 10.9 Å². The molecule has 0 aliphatic heterocycles. The Morgan fingerprint density at radius 3 is 2.95 bits per heavy atom. The van der Waals surface area contributed by atoms with E-state index in [1.54, 1.807) is 18.3 Å². The van der Waals surface area contributed by atoms with E-state index in [9.17, 15) is 4.79 Å². The van der Waals surface area contributed by atoms with Crippen LogP contribution in [0.25, 0.3) is 10.9 Å². The summed E-state index contributed by atoms with van der Waals surface area (Å²) < 4.78 is 5.65. The van der Waals surface area contributed by atoms with Crippen molar-refractivity contribution in [3.05, 3.63) is 30.5 Å². The summed E-state index contributed by atoms with van der Waals surface area (Å²) >= 11 is 0. The number of pyridine rings is 1. The zero-order valence-electron chi connectivity index (χ0n) is 11.7. The Kier molecular flexibility index (Phi) is 4.40. The fraction of sp³-hybridized carbons (Fsp3) is 0.333. The molecule has 0 unspecified atom stereocenters. The Morgan fingerprint density at radius 2 is 2.20 bits per heavy atom. The maximum Gasteiger partial charge on any atom is 0.223 e. The summed E-state index contributed by atoms with van der Waals surface area (Å²) in [7, 11) is 0. The van der Waals surface area contributed by atoms with Gasteiger partial charge in [-0.15, -0.1) is 0 Å². The molecule has 0 fully saturated rings. The van der Waals surface area contributed by atoms with E-state index in [1.165, 1.54) is 0 Å². The lowest BCUT2D eigenvalue weighted by Gasteiger charge is -2.11. The van der Waals surface area contributed by atoms with Crippen LogP contribution >= 0.6 is 0 Å². The van der Waals surface area contributed by atoms with E-state index < -0.39 is 0 Å². The molecule has 1 amide bonds. The van der Waals surface area contributed by atoms with Crippen molar-refractivity contribution in [2.45, 2.75) is 26.3 Å². The van der Waals surface area contributed by atoms with Crippen molar-refractivity contribution in [3.8, 4) is 5.75 Å². The molecule has 0 spiro atoms. The molecule has 0 bridgehead atoms. The highest BCUT2D eigenvalue weighted by Gasteiger charge is 2.08. The number of hydrogen-bond donors (Lipinski definition) is 2. The first-order valence-electron chi connectivity index (χ1n) is 6.63. The molecule has 1 heterocycles. The van der Waals surface area contributed by atoms with Crippen LogP contribution in [0.2, 0.25) is 0 Å². The normalized spacial score (nSPS) is 10.8. The number of carbonyl (C=O) groups is 1. The predicted molar refractivity (Wildman–Crippen MR) is 79.5 cm³/mol. The number of amides is 1. The summed E-state index contributed by atoms with van der Waals surface area (Å²) in [5, 5.41) is 3.68. The quantitative estimate of drug-likeness (QED) is 0.818. The molecule has 20 heavy (non-hydrogen) atoms. The van der Waals surface area contributed by atoms with Gasteiger partial charge in [0.25, 0.3) is 0 Å². The summed E-state index contributed by atoms with van der Waals surface area (Å²) in [6, 6.07) is 7.44. The lowest BCUT2D eigenvalue weighted by Crippen LogP contribution is -2.31. The minimum atomic E-state index is -0.0206. The molecule has 1 aromatic carbocycles. The van der Waals surface area contributed by atoms with Crippen LogP contribution in [0, 0.1) is 0 Å². The van der Waals surface area contributed by atoms with Gasteiger partial charge in [-0.1, -0.05) is 0 Å². The number of nitrogens with zero attached hydrogens (tertiary/aromatic N) is 1. The van der Waals surface area contributed by atoms with E-state index in [1.807, 2.05) is 26.0 Å². The maximum atomic E-state index is 11.5. The summed E-state index contributed by atoms with van der Waals surface area (Å²) in [4.78, 5) is 15.8. The van der Waals surface area contributed by atoms with Gasteiger partial charge in [0.15, 0.2) is 0 Å². The van der Waals surface area contributed by atoms with Gasteiger partial charge in [-0.3, -0.25) is 9.78 Å². The molecule has 2 aromatic rings. The largest absolute Gasteiger partial charge is 0.491 e. The monoisotopic (exact) mass is 273 g/mol. The van der Waals surface area contributed by atoms with Gasteiger partial charge < -0.3 is 15.8 Å². The first-order valence-corrected chi connectivity index (χ1v) is 6.63. The van der Waals surface area contributed by atoms with Gasteiger partial charge in [0.2, 0.25) is 5.91 Å². The zero-order valence-corrected chi connectivity index (χ0v) is 11.7. The highest BCUT2D eigenvalue weighted by Crippen LogP contribution is 2.27. The number of nitrogen functional groups attached to an aromatic ring is 1. The van der Waals surface area contributed by atoms with Crippen LogP contribution in [-0.2, 0) is 4.79 Å². The van der Waals surface area contributed by atoms with Gasteiger partial charge in [0.1, 0.15) is 11.3 Å². The number of rotatable bonds is 5. The molecule has 0 radical (unpaired) electrons. The van der Waals surface area contributed by atoms with Crippen molar-refractivity contribution in [3.63, 3.8) is 0 Å². The number of ether oxygens (including phenoxy) is 1. The molecule has 0 saturated carbocycles. The van der Waals surface area contributed by atoms with E-state index in [0.29, 0.717) is 24.5 Å². The third kappa shape index (κ3) is 3.38. The number of aromatic nitrogens is 1. The number of benzene rings is 1. The van der Waals surface area contributed by atoms with Crippen LogP contribution in [-0.4, -0.2) is 23.5 Å². The summed E-state index contributed by atoms with van der Waals surface area (Å²) in [6.45, 7) is 4.17. The second kappa shape index (κ2) is 6.23. The fourth-order valence-electron chi connectivity index (χ4n) is 1.93. The van der Waals surface area contributed by atoms with Crippen molar-refractivity contribution < 1.29 is 9.53 Å². The third-order valence-electron chi connectivity index (χ3n) is 2.80. The highest BCUT2D eigenvalue weighted by molar-refractivity contribution is 5.94. The highest BCUT2D eigenvalue weighted by atomic mass is 16.5. The van der Waals surface area contributed by atoms with E-state index in [2.05, 4.69) is 10.3 Å². The fourth-order valence-corrected chi connectivity index (χ4v) is 1.93. The number of fused-ring (bicyclic) bond motifs is 1. The lowest BCUT2D eigenvalue weighted by molar-refractivity contribution is -0.122. The topological polar surface area (TPSA) is 77.2 Å². The molecular weight excluding hydrogens is 254 g/mol. The van der Waals surface area contributed by atoms with Crippen LogP contribution in [0.15, 0.2) is 30.5 Å². The van der Waals surface area contributed by atoms with Crippen LogP contribution in [0.1, 0.15) is 20.3 Å². The zero-order chi connectivity index (χ0) is 14.5. The molecule has 0 saturated heterocycles. The van der Waals surface area contributed by atoms with Gasteiger partial charge in [-0.05, 0) is 38.1 Å². The molecule has 106 valence electrons. The Labute approximate surface area is 118 Å². The van der Waals surface area contributed by atoms with Crippen LogP contribution < -0.4 is 15.8 Å². The van der Waals surface area contributed by atoms with Crippen molar-refractivity contribution in [1.29, 1.82) is 0 Å². The molecule has 2 rings (SSSR count). The van der Waals surface area contributed by atoms with Gasteiger partial charge in [-0.2, -0.15) is 0 Å². The van der Waals surface area contributed by atoms with Crippen LogP contribution in [0.5, 0.6) is 5.75 Å². The summed E-state index contributed by atoms with van der Waals surface area (Å²) in [5.41, 5.74) is 7.28. The smallest absolute Gasteiger partial charge is 0.223 e. The lowest BCUT2D eigenvalue weighted by atomic mass is 10.1. The molecule has 5 heteroatoms. The molecular formula is C15H19N3O2. The first-order chi connectivity index (χ1) is 9.58. The average molecular weight is 273 g/mol. The van der Waals surface area contributed by atoms with Crippen molar-refractivity contribution in [2.24, 2.45) is 0 Å². The average Bonchev–Trinajstić information content (AvgIpc) is 2.41.